The fourth-order valence-electron chi connectivity index (χ4n) is 1.70. The van der Waals surface area contributed by atoms with Crippen LogP contribution >= 0.6 is 0 Å². The van der Waals surface area contributed by atoms with Crippen molar-refractivity contribution in [2.24, 2.45) is 0 Å². The summed E-state index contributed by atoms with van der Waals surface area (Å²) in [6.45, 7) is 0. The molecule has 1 aromatic carbocycles. The molecule has 1 heterocycles. The fourth-order valence-corrected chi connectivity index (χ4v) is 1.70. The molecule has 0 bridgehead atoms. The van der Waals surface area contributed by atoms with Crippen LogP contribution in [0.25, 0.3) is 0 Å². The van der Waals surface area contributed by atoms with Crippen molar-refractivity contribution in [1.82, 2.24) is 15.8 Å². The Hall–Kier alpha value is -3.10. The number of amides is 2. The maximum Gasteiger partial charge on any atom is 0.433 e. The van der Waals surface area contributed by atoms with Crippen molar-refractivity contribution in [3.8, 4) is 5.75 Å². The van der Waals surface area contributed by atoms with Gasteiger partial charge in [0.15, 0.2) is 0 Å². The van der Waals surface area contributed by atoms with E-state index in [1.165, 1.54) is 19.2 Å². The van der Waals surface area contributed by atoms with Crippen molar-refractivity contribution >= 4 is 11.8 Å². The van der Waals surface area contributed by atoms with E-state index in [0.717, 1.165) is 12.3 Å². The summed E-state index contributed by atoms with van der Waals surface area (Å²) >= 11 is 0. The lowest BCUT2D eigenvalue weighted by Gasteiger charge is -2.09. The maximum atomic E-state index is 12.4. The number of pyridine rings is 1. The molecule has 6 nitrogen and oxygen atoms in total. The first-order valence-electron chi connectivity index (χ1n) is 6.59. The van der Waals surface area contributed by atoms with Crippen LogP contribution in [0.15, 0.2) is 42.6 Å². The van der Waals surface area contributed by atoms with Gasteiger partial charge in [0, 0.05) is 11.8 Å². The molecule has 126 valence electrons. The van der Waals surface area contributed by atoms with Crippen LogP contribution in [0.5, 0.6) is 5.75 Å². The summed E-state index contributed by atoms with van der Waals surface area (Å²) in [5.41, 5.74) is 3.27. The predicted molar refractivity (Wildman–Crippen MR) is 77.2 cm³/mol. The number of halogens is 3. The van der Waals surface area contributed by atoms with Gasteiger partial charge in [0.05, 0.1) is 12.7 Å². The summed E-state index contributed by atoms with van der Waals surface area (Å²) in [6.07, 6.45) is -3.81. The molecule has 2 rings (SSSR count). The first kappa shape index (κ1) is 17.3. The summed E-state index contributed by atoms with van der Waals surface area (Å²) in [4.78, 5) is 26.8. The number of carbonyl (C=O) groups is 2. The Kier molecular flexibility index (Phi) is 5.02. The molecule has 24 heavy (non-hydrogen) atoms. The number of benzene rings is 1. The second-order valence-corrected chi connectivity index (χ2v) is 4.57. The molecular weight excluding hydrogens is 327 g/mol. The topological polar surface area (TPSA) is 80.3 Å². The fraction of sp³-hybridized carbons (Fsp3) is 0.133. The molecule has 2 N–H and O–H groups in total. The number of hydrazine groups is 1. The molecule has 0 spiro atoms. The van der Waals surface area contributed by atoms with E-state index in [1.54, 1.807) is 12.1 Å². The van der Waals surface area contributed by atoms with Gasteiger partial charge in [-0.1, -0.05) is 0 Å². The molecule has 0 saturated heterocycles. The molecule has 1 aromatic heterocycles. The van der Waals surface area contributed by atoms with E-state index < -0.39 is 23.7 Å². The first-order chi connectivity index (χ1) is 11.3. The van der Waals surface area contributed by atoms with E-state index >= 15 is 0 Å². The van der Waals surface area contributed by atoms with Crippen LogP contribution in [-0.4, -0.2) is 23.9 Å². The van der Waals surface area contributed by atoms with Gasteiger partial charge in [0.1, 0.15) is 11.4 Å². The van der Waals surface area contributed by atoms with Gasteiger partial charge in [0.2, 0.25) is 0 Å². The molecule has 9 heteroatoms. The van der Waals surface area contributed by atoms with Gasteiger partial charge in [-0.15, -0.1) is 0 Å². The minimum Gasteiger partial charge on any atom is -0.497 e. The number of alkyl halides is 3. The Morgan fingerprint density at radius 2 is 1.50 bits per heavy atom. The van der Waals surface area contributed by atoms with E-state index in [1.807, 2.05) is 0 Å². The Balaban J connectivity index is 1.95. The lowest BCUT2D eigenvalue weighted by Crippen LogP contribution is -2.41. The number of nitrogens with one attached hydrogen (secondary N) is 2. The molecule has 2 amide bonds. The number of ether oxygens (including phenoxy) is 1. The summed E-state index contributed by atoms with van der Waals surface area (Å²) in [6, 6.07) is 7.75. The first-order valence-corrected chi connectivity index (χ1v) is 6.59. The van der Waals surface area contributed by atoms with Crippen LogP contribution in [0.3, 0.4) is 0 Å². The Morgan fingerprint density at radius 1 is 0.958 bits per heavy atom. The summed E-state index contributed by atoms with van der Waals surface area (Å²) in [5.74, 6) is -0.824. The minimum atomic E-state index is -4.59. The second kappa shape index (κ2) is 6.99. The molecule has 0 unspecified atom stereocenters. The van der Waals surface area contributed by atoms with E-state index in [2.05, 4.69) is 15.8 Å². The third-order valence-corrected chi connectivity index (χ3v) is 2.96. The van der Waals surface area contributed by atoms with E-state index in [-0.39, 0.29) is 11.1 Å². The Bertz CT molecular complexity index is 728. The molecule has 0 fully saturated rings. The molecule has 0 aliphatic carbocycles. The lowest BCUT2D eigenvalue weighted by molar-refractivity contribution is -0.141. The highest BCUT2D eigenvalue weighted by Gasteiger charge is 2.32. The van der Waals surface area contributed by atoms with Crippen molar-refractivity contribution in [3.05, 3.63) is 59.4 Å². The highest BCUT2D eigenvalue weighted by Crippen LogP contribution is 2.27. The van der Waals surface area contributed by atoms with Gasteiger partial charge in [0.25, 0.3) is 11.8 Å². The molecule has 0 radical (unpaired) electrons. The number of methoxy groups -OCH3 is 1. The van der Waals surface area contributed by atoms with Crippen LogP contribution in [-0.2, 0) is 6.18 Å². The van der Waals surface area contributed by atoms with E-state index in [4.69, 9.17) is 4.74 Å². The Morgan fingerprint density at radius 3 is 1.96 bits per heavy atom. The number of rotatable bonds is 3. The SMILES string of the molecule is COc1ccc(C(=O)NNC(=O)c2ccc(C(F)(F)F)nc2)cc1. The zero-order valence-corrected chi connectivity index (χ0v) is 12.3. The predicted octanol–water partition coefficient (Wildman–Crippen LogP) is 2.18. The monoisotopic (exact) mass is 339 g/mol. The molecule has 0 atom stereocenters. The van der Waals surface area contributed by atoms with Crippen LogP contribution < -0.4 is 15.6 Å². The number of hydrogen-bond acceptors (Lipinski definition) is 4. The third kappa shape index (κ3) is 4.22. The molecule has 2 aromatic rings. The van der Waals surface area contributed by atoms with Gasteiger partial charge < -0.3 is 4.74 Å². The van der Waals surface area contributed by atoms with Gasteiger partial charge in [-0.05, 0) is 36.4 Å². The van der Waals surface area contributed by atoms with Crippen LogP contribution in [0, 0.1) is 0 Å². The highest BCUT2D eigenvalue weighted by molar-refractivity contribution is 5.98. The summed E-state index contributed by atoms with van der Waals surface area (Å²) in [7, 11) is 1.48. The van der Waals surface area contributed by atoms with Crippen molar-refractivity contribution in [2.75, 3.05) is 7.11 Å². The maximum absolute atomic E-state index is 12.4. The average molecular weight is 339 g/mol. The average Bonchev–Trinajstić information content (AvgIpc) is 2.58. The largest absolute Gasteiger partial charge is 0.497 e. The van der Waals surface area contributed by atoms with Crippen molar-refractivity contribution in [3.63, 3.8) is 0 Å². The zero-order valence-electron chi connectivity index (χ0n) is 12.3. The summed E-state index contributed by atoms with van der Waals surface area (Å²) < 4.78 is 42.1. The van der Waals surface area contributed by atoms with Gasteiger partial charge >= 0.3 is 6.18 Å². The molecular formula is C15H12F3N3O3. The van der Waals surface area contributed by atoms with E-state index in [0.29, 0.717) is 11.8 Å². The Labute approximate surface area is 134 Å². The van der Waals surface area contributed by atoms with Crippen LogP contribution in [0.1, 0.15) is 26.4 Å². The van der Waals surface area contributed by atoms with E-state index in [9.17, 15) is 22.8 Å². The second-order valence-electron chi connectivity index (χ2n) is 4.57. The minimum absolute atomic E-state index is 0.127. The number of aromatic nitrogens is 1. The van der Waals surface area contributed by atoms with Crippen molar-refractivity contribution in [1.29, 1.82) is 0 Å². The normalized spacial score (nSPS) is 10.8. The third-order valence-electron chi connectivity index (χ3n) is 2.96. The van der Waals surface area contributed by atoms with Crippen LogP contribution in [0.4, 0.5) is 13.2 Å². The number of nitrogens with zero attached hydrogens (tertiary/aromatic N) is 1. The number of carbonyl (C=O) groups excluding carboxylic acids is 2. The lowest BCUT2D eigenvalue weighted by atomic mass is 10.2. The highest BCUT2D eigenvalue weighted by atomic mass is 19.4. The van der Waals surface area contributed by atoms with Gasteiger partial charge in [-0.25, -0.2) is 0 Å². The van der Waals surface area contributed by atoms with Crippen LogP contribution in [0.2, 0.25) is 0 Å². The smallest absolute Gasteiger partial charge is 0.433 e. The van der Waals surface area contributed by atoms with Gasteiger partial charge in [-0.2, -0.15) is 13.2 Å². The molecule has 0 saturated carbocycles. The van der Waals surface area contributed by atoms with Crippen molar-refractivity contribution in [2.45, 2.75) is 6.18 Å². The zero-order chi connectivity index (χ0) is 17.7. The molecule has 0 aliphatic heterocycles. The summed E-state index contributed by atoms with van der Waals surface area (Å²) in [5, 5.41) is 0. The molecule has 0 aliphatic rings. The quantitative estimate of drug-likeness (QED) is 0.840. The van der Waals surface area contributed by atoms with Crippen molar-refractivity contribution < 1.29 is 27.5 Å². The standard InChI is InChI=1S/C15H12F3N3O3/c1-24-11-5-2-9(3-6-11)13(22)20-21-14(23)10-4-7-12(19-8-10)15(16,17)18/h2-8H,1H3,(H,20,22)(H,21,23). The number of hydrogen-bond donors (Lipinski definition) is 2. The van der Waals surface area contributed by atoms with Gasteiger partial charge in [-0.3, -0.25) is 25.4 Å².